The molecule has 0 amide bonds. The van der Waals surface area contributed by atoms with Crippen LogP contribution in [0.2, 0.25) is 0 Å². The molecule has 38 heavy (non-hydrogen) atoms. The maximum atomic E-state index is 12.8. The molecule has 3 N–H and O–H groups in total. The molecule has 0 unspecified atom stereocenters. The zero-order valence-corrected chi connectivity index (χ0v) is 21.8. The largest absolute Gasteiger partial charge is 0.506 e. The van der Waals surface area contributed by atoms with Gasteiger partial charge in [0.15, 0.2) is 17.3 Å². The van der Waals surface area contributed by atoms with Gasteiger partial charge in [0.25, 0.3) is 0 Å². The molecule has 1 aliphatic heterocycles. The summed E-state index contributed by atoms with van der Waals surface area (Å²) in [5.74, 6) is 0.397. The van der Waals surface area contributed by atoms with Crippen LogP contribution in [-0.4, -0.2) is 69.3 Å². The van der Waals surface area contributed by atoms with Gasteiger partial charge in [0.2, 0.25) is 21.6 Å². The summed E-state index contributed by atoms with van der Waals surface area (Å²) in [6, 6.07) is 6.24. The quantitative estimate of drug-likeness (QED) is 0.366. The number of para-hydroxylation sites is 1. The summed E-state index contributed by atoms with van der Waals surface area (Å²) in [4.78, 5) is 9.00. The highest BCUT2D eigenvalue weighted by molar-refractivity contribution is 7.92. The molecule has 2 aromatic heterocycles. The van der Waals surface area contributed by atoms with E-state index in [1.807, 2.05) is 6.92 Å². The zero-order chi connectivity index (χ0) is 27.1. The number of benzene rings is 1. The Morgan fingerprint density at radius 2 is 2.08 bits per heavy atom. The van der Waals surface area contributed by atoms with E-state index in [1.165, 1.54) is 25.3 Å². The number of phenols is 1. The van der Waals surface area contributed by atoms with Gasteiger partial charge in [0, 0.05) is 6.07 Å². The minimum atomic E-state index is -3.78. The Balaban J connectivity index is 1.62. The Hall–Kier alpha value is -4.15. The predicted molar refractivity (Wildman–Crippen MR) is 140 cm³/mol. The lowest BCUT2D eigenvalue weighted by Crippen LogP contribution is -2.44. The number of hydrogen-bond donors (Lipinski definition) is 3. The fraction of sp³-hybridized carbons (Fsp3) is 0.360. The lowest BCUT2D eigenvalue weighted by molar-refractivity contribution is -0.0494. The molecule has 12 nitrogen and oxygen atoms in total. The summed E-state index contributed by atoms with van der Waals surface area (Å²) in [5.41, 5.74) is 5.91. The maximum absolute atomic E-state index is 12.8. The van der Waals surface area contributed by atoms with E-state index in [0.717, 1.165) is 0 Å². The maximum Gasteiger partial charge on any atom is 0.234 e. The van der Waals surface area contributed by atoms with Gasteiger partial charge in [0.05, 0.1) is 36.7 Å². The summed E-state index contributed by atoms with van der Waals surface area (Å²) in [7, 11) is -2.32. The van der Waals surface area contributed by atoms with E-state index in [0.29, 0.717) is 36.6 Å². The number of methoxy groups -OCH3 is 1. The standard InChI is InChI=1S/C25H26N6O6S/c1-4-37-21-10-5-7-16(26-21)24-27-23-17(31(24)22-18(32)8-6-9-19(22)36-3)11-20(28-29-23)30-38(34,35)14-15-12-25(2,33)13-15/h6,8-11,15,32-33H,4,12-14H2,1-3H3,(H,28,30). The van der Waals surface area contributed by atoms with Gasteiger partial charge in [0.1, 0.15) is 17.2 Å². The van der Waals surface area contributed by atoms with Crippen molar-refractivity contribution < 1.29 is 28.1 Å². The fourth-order valence-electron chi connectivity index (χ4n) is 4.70. The Bertz CT molecular complexity index is 1650. The summed E-state index contributed by atoms with van der Waals surface area (Å²) in [6.07, 6.45) is 2.35. The molecule has 3 heterocycles. The molecule has 2 aliphatic rings. The molecule has 0 spiro atoms. The van der Waals surface area contributed by atoms with E-state index < -0.39 is 15.6 Å². The zero-order valence-electron chi connectivity index (χ0n) is 21.0. The highest BCUT2D eigenvalue weighted by Crippen LogP contribution is 2.39. The van der Waals surface area contributed by atoms with Crippen molar-refractivity contribution in [3.8, 4) is 17.2 Å². The summed E-state index contributed by atoms with van der Waals surface area (Å²) in [5, 5.41) is 28.9. The number of nitrogens with zero attached hydrogens (tertiary/aromatic N) is 5. The SMILES string of the molecule is CCOC1=NC(c2nc3nnc(NS(=O)(=O)CC4CC(C)(O)C4)cc3n2-c2c(O)cccc2OC)=C=C=C1. The second-order valence-electron chi connectivity index (χ2n) is 9.34. The van der Waals surface area contributed by atoms with E-state index in [-0.39, 0.29) is 46.1 Å². The van der Waals surface area contributed by atoms with Crippen molar-refractivity contribution >= 4 is 38.6 Å². The molecule has 13 heteroatoms. The first-order chi connectivity index (χ1) is 18.1. The van der Waals surface area contributed by atoms with Crippen molar-refractivity contribution in [1.82, 2.24) is 19.7 Å². The number of aromatic nitrogens is 4. The Morgan fingerprint density at radius 3 is 2.79 bits per heavy atom. The van der Waals surface area contributed by atoms with Crippen LogP contribution in [0.3, 0.4) is 0 Å². The topological polar surface area (TPSA) is 161 Å². The van der Waals surface area contributed by atoms with Crippen molar-refractivity contribution in [1.29, 1.82) is 0 Å². The van der Waals surface area contributed by atoms with Crippen LogP contribution in [0.4, 0.5) is 5.82 Å². The highest BCUT2D eigenvalue weighted by Gasteiger charge is 2.40. The van der Waals surface area contributed by atoms with Crippen LogP contribution in [0, 0.1) is 5.92 Å². The number of aliphatic imine (C=N–C) groups is 1. The number of imidazole rings is 1. The monoisotopic (exact) mass is 538 g/mol. The predicted octanol–water partition coefficient (Wildman–Crippen LogP) is 2.53. The first-order valence-electron chi connectivity index (χ1n) is 11.9. The normalized spacial score (nSPS) is 20.6. The smallest absolute Gasteiger partial charge is 0.234 e. The molecule has 198 valence electrons. The van der Waals surface area contributed by atoms with Crippen LogP contribution in [0.25, 0.3) is 22.5 Å². The third-order valence-electron chi connectivity index (χ3n) is 6.13. The molecule has 0 radical (unpaired) electrons. The number of sulfonamides is 1. The second kappa shape index (κ2) is 9.62. The van der Waals surface area contributed by atoms with E-state index in [2.05, 4.69) is 36.4 Å². The number of nitrogens with one attached hydrogen (secondary N) is 1. The first-order valence-corrected chi connectivity index (χ1v) is 13.5. The summed E-state index contributed by atoms with van der Waals surface area (Å²) in [6.45, 7) is 3.90. The third kappa shape index (κ3) is 5.00. The third-order valence-corrected chi connectivity index (χ3v) is 7.56. The molecular weight excluding hydrogens is 512 g/mol. The van der Waals surface area contributed by atoms with Gasteiger partial charge < -0.3 is 19.7 Å². The molecule has 0 atom stereocenters. The van der Waals surface area contributed by atoms with Crippen LogP contribution < -0.4 is 9.46 Å². The van der Waals surface area contributed by atoms with Crippen LogP contribution >= 0.6 is 0 Å². The molecule has 1 saturated carbocycles. The summed E-state index contributed by atoms with van der Waals surface area (Å²) < 4.78 is 40.6. The second-order valence-corrected chi connectivity index (χ2v) is 11.1. The van der Waals surface area contributed by atoms with Gasteiger partial charge in [-0.3, -0.25) is 9.29 Å². The van der Waals surface area contributed by atoms with Crippen molar-refractivity contribution in [2.45, 2.75) is 32.3 Å². The van der Waals surface area contributed by atoms with Crippen molar-refractivity contribution in [2.24, 2.45) is 10.9 Å². The Morgan fingerprint density at radius 1 is 1.29 bits per heavy atom. The fourth-order valence-corrected chi connectivity index (χ4v) is 6.05. The van der Waals surface area contributed by atoms with Crippen LogP contribution in [0.15, 0.2) is 46.8 Å². The average Bonchev–Trinajstić information content (AvgIpc) is 3.21. The lowest BCUT2D eigenvalue weighted by Gasteiger charge is -2.40. The van der Waals surface area contributed by atoms with Gasteiger partial charge >= 0.3 is 0 Å². The number of aliphatic hydroxyl groups is 1. The molecule has 1 fully saturated rings. The number of rotatable bonds is 8. The van der Waals surface area contributed by atoms with Gasteiger partial charge in [-0.25, -0.2) is 18.4 Å². The minimum Gasteiger partial charge on any atom is -0.506 e. The number of phenolic OH excluding ortho intramolecular Hbond substituents is 1. The number of fused-ring (bicyclic) bond motifs is 1. The van der Waals surface area contributed by atoms with Crippen LogP contribution in [-0.2, 0) is 14.8 Å². The van der Waals surface area contributed by atoms with Gasteiger partial charge in [-0.2, -0.15) is 0 Å². The van der Waals surface area contributed by atoms with E-state index in [4.69, 9.17) is 9.47 Å². The van der Waals surface area contributed by atoms with Gasteiger partial charge in [-0.05, 0) is 50.5 Å². The highest BCUT2D eigenvalue weighted by atomic mass is 32.2. The Kier molecular flexibility index (Phi) is 6.46. The molecule has 0 saturated heterocycles. The van der Waals surface area contributed by atoms with Crippen molar-refractivity contribution in [3.63, 3.8) is 0 Å². The number of ether oxygens (including phenoxy) is 2. The lowest BCUT2D eigenvalue weighted by atomic mass is 9.73. The Labute approximate surface area is 218 Å². The van der Waals surface area contributed by atoms with Crippen LogP contribution in [0.5, 0.6) is 11.5 Å². The molecule has 5 rings (SSSR count). The number of anilines is 1. The van der Waals surface area contributed by atoms with E-state index in [1.54, 1.807) is 23.6 Å². The molecule has 0 bridgehead atoms. The van der Waals surface area contributed by atoms with Crippen molar-refractivity contribution in [3.05, 3.63) is 47.6 Å². The number of aromatic hydroxyl groups is 1. The molecule has 1 aliphatic carbocycles. The number of hydrogen-bond acceptors (Lipinski definition) is 10. The first kappa shape index (κ1) is 25.5. The van der Waals surface area contributed by atoms with Crippen molar-refractivity contribution in [2.75, 3.05) is 24.2 Å². The molecular formula is C25H26N6O6S. The van der Waals surface area contributed by atoms with Gasteiger partial charge in [-0.1, -0.05) is 11.8 Å². The van der Waals surface area contributed by atoms with Crippen LogP contribution in [0.1, 0.15) is 32.5 Å². The average molecular weight is 539 g/mol. The van der Waals surface area contributed by atoms with E-state index in [9.17, 15) is 18.6 Å². The minimum absolute atomic E-state index is 0.0303. The summed E-state index contributed by atoms with van der Waals surface area (Å²) >= 11 is 0. The van der Waals surface area contributed by atoms with E-state index >= 15 is 0 Å². The molecule has 3 aromatic rings. The van der Waals surface area contributed by atoms with Gasteiger partial charge in [-0.15, -0.1) is 10.2 Å². The molecule has 1 aromatic carbocycles.